The second kappa shape index (κ2) is 9.35. The maximum absolute atomic E-state index is 11.3. The van der Waals surface area contributed by atoms with Crippen LogP contribution in [0.5, 0.6) is 5.75 Å². The number of nitrogens with one attached hydrogen (secondary N) is 2. The van der Waals surface area contributed by atoms with Gasteiger partial charge in [-0.1, -0.05) is 18.2 Å². The Morgan fingerprint density at radius 1 is 1.22 bits per heavy atom. The first-order valence-corrected chi connectivity index (χ1v) is 10.3. The third kappa shape index (κ3) is 4.72. The number of amides is 1. The lowest BCUT2D eigenvalue weighted by molar-refractivity contribution is -0.131. The van der Waals surface area contributed by atoms with Crippen LogP contribution >= 0.6 is 0 Å². The van der Waals surface area contributed by atoms with Crippen LogP contribution < -0.4 is 15.7 Å². The smallest absolute Gasteiger partial charge is 0.243 e. The monoisotopic (exact) mass is 435 g/mol. The molecule has 1 aliphatic rings. The van der Waals surface area contributed by atoms with E-state index in [1.165, 1.54) is 0 Å². The maximum Gasteiger partial charge on any atom is 0.243 e. The van der Waals surface area contributed by atoms with Crippen molar-refractivity contribution in [2.75, 3.05) is 6.61 Å². The summed E-state index contributed by atoms with van der Waals surface area (Å²) >= 11 is 0. The molecular formula is C24H25N3O5. The molecule has 4 rings (SSSR count). The second-order valence-electron chi connectivity index (χ2n) is 7.77. The first kappa shape index (κ1) is 21.8. The van der Waals surface area contributed by atoms with Crippen molar-refractivity contribution in [3.63, 3.8) is 0 Å². The summed E-state index contributed by atoms with van der Waals surface area (Å²) in [5.41, 5.74) is 7.88. The molecule has 0 fully saturated rings. The molecule has 3 aromatic rings. The van der Waals surface area contributed by atoms with Crippen LogP contribution in [0.3, 0.4) is 0 Å². The number of carbonyl (C=O) groups is 1. The fourth-order valence-corrected chi connectivity index (χ4v) is 3.69. The van der Waals surface area contributed by atoms with Crippen LogP contribution in [0, 0.1) is 6.92 Å². The highest BCUT2D eigenvalue weighted by Gasteiger charge is 2.35. The molecule has 8 nitrogen and oxygen atoms in total. The van der Waals surface area contributed by atoms with Gasteiger partial charge in [0.15, 0.2) is 0 Å². The van der Waals surface area contributed by atoms with E-state index in [0.717, 1.165) is 33.5 Å². The largest absolute Gasteiger partial charge is 0.489 e. The van der Waals surface area contributed by atoms with E-state index >= 15 is 0 Å². The molecule has 4 N–H and O–H groups in total. The molecule has 166 valence electrons. The minimum atomic E-state index is -1.03. The first-order chi connectivity index (χ1) is 15.5. The maximum atomic E-state index is 11.3. The van der Waals surface area contributed by atoms with E-state index < -0.39 is 11.5 Å². The summed E-state index contributed by atoms with van der Waals surface area (Å²) in [6, 6.07) is 17.5. The quantitative estimate of drug-likeness (QED) is 0.318. The van der Waals surface area contributed by atoms with Crippen LogP contribution in [-0.4, -0.2) is 33.4 Å². The summed E-state index contributed by atoms with van der Waals surface area (Å²) in [4.78, 5) is 21.4. The number of aliphatic hydroxyl groups is 1. The van der Waals surface area contributed by atoms with E-state index in [2.05, 4.69) is 10.5 Å². The number of rotatable bonds is 8. The second-order valence-corrected chi connectivity index (χ2v) is 7.77. The summed E-state index contributed by atoms with van der Waals surface area (Å²) in [5.74, 6) is 0.182. The van der Waals surface area contributed by atoms with Gasteiger partial charge in [0.05, 0.1) is 17.8 Å². The number of ether oxygens (including phenoxy) is 1. The highest BCUT2D eigenvalue weighted by atomic mass is 16.7. The molecule has 32 heavy (non-hydrogen) atoms. The van der Waals surface area contributed by atoms with Gasteiger partial charge in [0.1, 0.15) is 18.0 Å². The molecule has 1 atom stereocenters. The molecule has 1 aliphatic heterocycles. The van der Waals surface area contributed by atoms with E-state index in [0.29, 0.717) is 12.3 Å². The molecule has 1 aromatic heterocycles. The number of aryl methyl sites for hydroxylation is 1. The molecule has 1 unspecified atom stereocenters. The Bertz CT molecular complexity index is 1150. The Kier molecular flexibility index (Phi) is 6.36. The molecule has 0 spiro atoms. The third-order valence-corrected chi connectivity index (χ3v) is 5.43. The Labute approximate surface area is 185 Å². The molecule has 0 bridgehead atoms. The minimum Gasteiger partial charge on any atom is -0.489 e. The number of para-hydroxylation sites is 1. The Morgan fingerprint density at radius 3 is 2.75 bits per heavy atom. The number of hydrogen-bond donors (Lipinski definition) is 4. The molecule has 0 radical (unpaired) electrons. The van der Waals surface area contributed by atoms with Crippen LogP contribution in [-0.2, 0) is 16.2 Å². The fraction of sp³-hybridized carbons (Fsp3) is 0.250. The van der Waals surface area contributed by atoms with Gasteiger partial charge in [0.2, 0.25) is 5.91 Å². The number of nitrogens with zero attached hydrogens (tertiary/aromatic N) is 1. The lowest BCUT2D eigenvalue weighted by atomic mass is 9.96. The lowest BCUT2D eigenvalue weighted by Gasteiger charge is -2.22. The van der Waals surface area contributed by atoms with Gasteiger partial charge >= 0.3 is 0 Å². The average Bonchev–Trinajstić information content (AvgIpc) is 3.26. The zero-order chi connectivity index (χ0) is 22.6. The molecule has 0 saturated heterocycles. The van der Waals surface area contributed by atoms with E-state index in [-0.39, 0.29) is 19.4 Å². The Balaban J connectivity index is 1.44. The highest BCUT2D eigenvalue weighted by Crippen LogP contribution is 2.30. The number of fused-ring (bicyclic) bond motifs is 1. The molecule has 2 aromatic carbocycles. The highest BCUT2D eigenvalue weighted by molar-refractivity contribution is 5.82. The van der Waals surface area contributed by atoms with Crippen molar-refractivity contribution in [3.05, 3.63) is 77.5 Å². The molecule has 1 amide bonds. The number of carbonyl (C=O) groups excluding carboxylic acids is 1. The lowest BCUT2D eigenvalue weighted by Crippen LogP contribution is -2.35. The minimum absolute atomic E-state index is 0.0124. The SMILES string of the molecule is Cc1cc(COc2ccc(C3=CC(CO)(CCC(=O)NO)ON3)cc2)c2ccccc2n1. The van der Waals surface area contributed by atoms with Gasteiger partial charge in [-0.2, -0.15) is 0 Å². The van der Waals surface area contributed by atoms with Gasteiger partial charge < -0.3 is 9.84 Å². The van der Waals surface area contributed by atoms with Gasteiger partial charge in [0, 0.05) is 23.1 Å². The summed E-state index contributed by atoms with van der Waals surface area (Å²) in [6.45, 7) is 2.09. The van der Waals surface area contributed by atoms with Gasteiger partial charge in [-0.15, -0.1) is 0 Å². The predicted octanol–water partition coefficient (Wildman–Crippen LogP) is 3.01. The van der Waals surface area contributed by atoms with Crippen molar-refractivity contribution in [3.8, 4) is 5.75 Å². The number of hydroxylamine groups is 2. The summed E-state index contributed by atoms with van der Waals surface area (Å²) in [6.07, 6.45) is 1.98. The number of hydrogen-bond acceptors (Lipinski definition) is 7. The van der Waals surface area contributed by atoms with Crippen LogP contribution in [0.4, 0.5) is 0 Å². The number of benzene rings is 2. The van der Waals surface area contributed by atoms with Crippen molar-refractivity contribution < 1.29 is 24.7 Å². The zero-order valence-electron chi connectivity index (χ0n) is 17.7. The van der Waals surface area contributed by atoms with Crippen molar-refractivity contribution in [2.45, 2.75) is 32.0 Å². The fourth-order valence-electron chi connectivity index (χ4n) is 3.69. The van der Waals surface area contributed by atoms with Gasteiger partial charge in [-0.25, -0.2) is 5.48 Å². The van der Waals surface area contributed by atoms with Crippen molar-refractivity contribution in [1.82, 2.24) is 15.9 Å². The van der Waals surface area contributed by atoms with Crippen LogP contribution in [0.25, 0.3) is 16.6 Å². The van der Waals surface area contributed by atoms with Crippen LogP contribution in [0.15, 0.2) is 60.7 Å². The summed E-state index contributed by atoms with van der Waals surface area (Å²) in [5, 5.41) is 19.5. The Hall–Kier alpha value is -3.46. The Morgan fingerprint density at radius 2 is 2.00 bits per heavy atom. The van der Waals surface area contributed by atoms with E-state index in [1.54, 1.807) is 11.6 Å². The molecule has 0 saturated carbocycles. The number of aliphatic hydroxyl groups excluding tert-OH is 1. The number of aromatic nitrogens is 1. The predicted molar refractivity (Wildman–Crippen MR) is 118 cm³/mol. The van der Waals surface area contributed by atoms with Crippen molar-refractivity contribution >= 4 is 22.5 Å². The average molecular weight is 435 g/mol. The summed E-state index contributed by atoms with van der Waals surface area (Å²) in [7, 11) is 0. The first-order valence-electron chi connectivity index (χ1n) is 10.3. The van der Waals surface area contributed by atoms with E-state index in [9.17, 15) is 9.90 Å². The molecular weight excluding hydrogens is 410 g/mol. The molecule has 8 heteroatoms. The molecule has 2 heterocycles. The van der Waals surface area contributed by atoms with Gasteiger partial charge in [-0.3, -0.25) is 25.3 Å². The van der Waals surface area contributed by atoms with Crippen LogP contribution in [0.1, 0.15) is 29.7 Å². The summed E-state index contributed by atoms with van der Waals surface area (Å²) < 4.78 is 6.01. The normalized spacial score (nSPS) is 17.7. The zero-order valence-corrected chi connectivity index (χ0v) is 17.7. The standard InChI is InChI=1S/C24H25N3O5/c1-16-12-18(20-4-2-3-5-21(20)25-16)14-31-19-8-6-17(7-9-19)22-13-24(15-28,32-27-22)11-10-23(29)26-30/h2-9,12-13,27-28,30H,10-11,14-15H2,1H3,(H,26,29). The van der Waals surface area contributed by atoms with Crippen molar-refractivity contribution in [1.29, 1.82) is 0 Å². The van der Waals surface area contributed by atoms with Gasteiger partial charge in [0.25, 0.3) is 0 Å². The van der Waals surface area contributed by atoms with E-state index in [4.69, 9.17) is 14.8 Å². The third-order valence-electron chi connectivity index (χ3n) is 5.43. The topological polar surface area (TPSA) is 113 Å². The van der Waals surface area contributed by atoms with Crippen molar-refractivity contribution in [2.24, 2.45) is 0 Å². The molecule has 0 aliphatic carbocycles. The van der Waals surface area contributed by atoms with E-state index in [1.807, 2.05) is 61.5 Å². The van der Waals surface area contributed by atoms with Crippen LogP contribution in [0.2, 0.25) is 0 Å². The number of pyridine rings is 1. The van der Waals surface area contributed by atoms with Gasteiger partial charge in [-0.05, 0) is 61.4 Å².